The number of rotatable bonds is 7. The van der Waals surface area contributed by atoms with Crippen molar-refractivity contribution in [1.29, 1.82) is 0 Å². The van der Waals surface area contributed by atoms with Crippen molar-refractivity contribution < 1.29 is 13.5 Å². The van der Waals surface area contributed by atoms with Crippen molar-refractivity contribution in [3.63, 3.8) is 0 Å². The van der Waals surface area contributed by atoms with Crippen LogP contribution in [0.5, 0.6) is 5.75 Å². The Morgan fingerprint density at radius 3 is 2.50 bits per heavy atom. The van der Waals surface area contributed by atoms with Crippen LogP contribution >= 0.6 is 0 Å². The van der Waals surface area contributed by atoms with E-state index >= 15 is 0 Å². The number of hydrogen-bond donors (Lipinski definition) is 1. The van der Waals surface area contributed by atoms with E-state index in [0.717, 1.165) is 25.8 Å². The highest BCUT2D eigenvalue weighted by Crippen LogP contribution is 2.31. The van der Waals surface area contributed by atoms with Gasteiger partial charge in [0, 0.05) is 6.54 Å². The van der Waals surface area contributed by atoms with E-state index in [4.69, 9.17) is 4.74 Å². The molecule has 100 valence electrons. The maximum absolute atomic E-state index is 13.7. The molecule has 1 fully saturated rings. The molecule has 1 aromatic carbocycles. The van der Waals surface area contributed by atoms with Crippen LogP contribution in [0, 0.1) is 17.6 Å². The maximum Gasteiger partial charge on any atom is 0.190 e. The second kappa shape index (κ2) is 6.14. The SMILES string of the molecule is CCCNCc1cc(F)c(OCC2CC2)c(F)c1. The summed E-state index contributed by atoms with van der Waals surface area (Å²) < 4.78 is 32.6. The molecule has 1 aliphatic rings. The number of ether oxygens (including phenoxy) is 1. The molecule has 0 saturated heterocycles. The van der Waals surface area contributed by atoms with Crippen LogP contribution < -0.4 is 10.1 Å². The lowest BCUT2D eigenvalue weighted by Gasteiger charge is -2.10. The third kappa shape index (κ3) is 3.67. The first-order chi connectivity index (χ1) is 8.70. The molecule has 1 saturated carbocycles. The Morgan fingerprint density at radius 1 is 1.28 bits per heavy atom. The van der Waals surface area contributed by atoms with E-state index in [9.17, 15) is 8.78 Å². The molecular formula is C14H19F2NO. The highest BCUT2D eigenvalue weighted by molar-refractivity contribution is 5.31. The van der Waals surface area contributed by atoms with Crippen LogP contribution in [0.4, 0.5) is 8.78 Å². The fourth-order valence-corrected chi connectivity index (χ4v) is 1.75. The van der Waals surface area contributed by atoms with Crippen molar-refractivity contribution in [3.8, 4) is 5.75 Å². The minimum absolute atomic E-state index is 0.235. The fourth-order valence-electron chi connectivity index (χ4n) is 1.75. The zero-order valence-corrected chi connectivity index (χ0v) is 10.6. The van der Waals surface area contributed by atoms with Gasteiger partial charge >= 0.3 is 0 Å². The molecule has 0 heterocycles. The van der Waals surface area contributed by atoms with E-state index in [-0.39, 0.29) is 5.75 Å². The van der Waals surface area contributed by atoms with Gasteiger partial charge in [-0.2, -0.15) is 0 Å². The molecule has 4 heteroatoms. The van der Waals surface area contributed by atoms with Gasteiger partial charge in [-0.1, -0.05) is 6.92 Å². The molecule has 0 spiro atoms. The number of benzene rings is 1. The smallest absolute Gasteiger partial charge is 0.190 e. The second-order valence-corrected chi connectivity index (χ2v) is 4.82. The third-order valence-corrected chi connectivity index (χ3v) is 2.97. The number of nitrogens with one attached hydrogen (secondary N) is 1. The largest absolute Gasteiger partial charge is 0.487 e. The van der Waals surface area contributed by atoms with Gasteiger partial charge < -0.3 is 10.1 Å². The van der Waals surface area contributed by atoms with Gasteiger partial charge in [0.05, 0.1) is 6.61 Å². The van der Waals surface area contributed by atoms with Crippen molar-refractivity contribution in [2.45, 2.75) is 32.7 Å². The Kier molecular flexibility index (Phi) is 4.53. The van der Waals surface area contributed by atoms with Gasteiger partial charge in [-0.05, 0) is 49.4 Å². The molecule has 2 nitrogen and oxygen atoms in total. The molecule has 0 atom stereocenters. The van der Waals surface area contributed by atoms with Crippen LogP contribution in [-0.2, 0) is 6.54 Å². The van der Waals surface area contributed by atoms with Gasteiger partial charge in [0.25, 0.3) is 0 Å². The topological polar surface area (TPSA) is 21.3 Å². The number of hydrogen-bond acceptors (Lipinski definition) is 2. The van der Waals surface area contributed by atoms with Crippen molar-refractivity contribution in [2.75, 3.05) is 13.2 Å². The average Bonchev–Trinajstić information content (AvgIpc) is 3.12. The van der Waals surface area contributed by atoms with E-state index in [1.54, 1.807) is 0 Å². The zero-order valence-electron chi connectivity index (χ0n) is 10.6. The molecule has 2 rings (SSSR count). The van der Waals surface area contributed by atoms with Crippen molar-refractivity contribution in [3.05, 3.63) is 29.3 Å². The van der Waals surface area contributed by atoms with E-state index in [2.05, 4.69) is 5.32 Å². The average molecular weight is 255 g/mol. The molecule has 1 aromatic rings. The summed E-state index contributed by atoms with van der Waals surface area (Å²) in [6.45, 7) is 3.78. The summed E-state index contributed by atoms with van der Waals surface area (Å²) >= 11 is 0. The molecule has 1 N–H and O–H groups in total. The second-order valence-electron chi connectivity index (χ2n) is 4.82. The van der Waals surface area contributed by atoms with Gasteiger partial charge in [-0.15, -0.1) is 0 Å². The standard InChI is InChI=1S/C14H19F2NO/c1-2-5-17-8-11-6-12(15)14(13(16)7-11)18-9-10-3-4-10/h6-7,10,17H,2-5,8-9H2,1H3. The van der Waals surface area contributed by atoms with Crippen LogP contribution in [-0.4, -0.2) is 13.2 Å². The summed E-state index contributed by atoms with van der Waals surface area (Å²) in [6.07, 6.45) is 3.19. The van der Waals surface area contributed by atoms with Gasteiger partial charge in [0.1, 0.15) is 0 Å². The quantitative estimate of drug-likeness (QED) is 0.755. The molecule has 0 bridgehead atoms. The predicted octanol–water partition coefficient (Wildman–Crippen LogP) is 3.25. The molecule has 18 heavy (non-hydrogen) atoms. The summed E-state index contributed by atoms with van der Waals surface area (Å²) in [4.78, 5) is 0. The Balaban J connectivity index is 1.97. The first-order valence-electron chi connectivity index (χ1n) is 6.52. The Morgan fingerprint density at radius 2 is 1.94 bits per heavy atom. The molecule has 0 aliphatic heterocycles. The molecular weight excluding hydrogens is 236 g/mol. The van der Waals surface area contributed by atoms with Gasteiger partial charge in [-0.3, -0.25) is 0 Å². The van der Waals surface area contributed by atoms with E-state index in [1.165, 1.54) is 12.1 Å². The highest BCUT2D eigenvalue weighted by Gasteiger charge is 2.23. The van der Waals surface area contributed by atoms with Crippen molar-refractivity contribution in [1.82, 2.24) is 5.32 Å². The minimum atomic E-state index is -0.607. The van der Waals surface area contributed by atoms with E-state index < -0.39 is 11.6 Å². The highest BCUT2D eigenvalue weighted by atomic mass is 19.1. The van der Waals surface area contributed by atoms with Crippen molar-refractivity contribution in [2.24, 2.45) is 5.92 Å². The Hall–Kier alpha value is -1.16. The summed E-state index contributed by atoms with van der Waals surface area (Å²) in [6, 6.07) is 2.68. The monoisotopic (exact) mass is 255 g/mol. The van der Waals surface area contributed by atoms with E-state index in [0.29, 0.717) is 24.6 Å². The molecule has 0 amide bonds. The van der Waals surface area contributed by atoms with Crippen LogP contribution in [0.3, 0.4) is 0 Å². The van der Waals surface area contributed by atoms with Crippen LogP contribution in [0.1, 0.15) is 31.7 Å². The van der Waals surface area contributed by atoms with Gasteiger partial charge in [0.15, 0.2) is 17.4 Å². The summed E-state index contributed by atoms with van der Waals surface area (Å²) in [5, 5.41) is 3.11. The van der Waals surface area contributed by atoms with Gasteiger partial charge in [-0.25, -0.2) is 8.78 Å². The first kappa shape index (κ1) is 13.3. The summed E-state index contributed by atoms with van der Waals surface area (Å²) in [5.41, 5.74) is 0.609. The lowest BCUT2D eigenvalue weighted by atomic mass is 10.2. The third-order valence-electron chi connectivity index (χ3n) is 2.97. The lowest BCUT2D eigenvalue weighted by molar-refractivity contribution is 0.270. The van der Waals surface area contributed by atoms with Gasteiger partial charge in [0.2, 0.25) is 0 Å². The first-order valence-corrected chi connectivity index (χ1v) is 6.52. The zero-order chi connectivity index (χ0) is 13.0. The molecule has 0 aromatic heterocycles. The molecule has 0 radical (unpaired) electrons. The normalized spacial score (nSPS) is 14.8. The Bertz CT molecular complexity index is 382. The lowest BCUT2D eigenvalue weighted by Crippen LogP contribution is -2.14. The van der Waals surface area contributed by atoms with Crippen LogP contribution in [0.25, 0.3) is 0 Å². The predicted molar refractivity (Wildman–Crippen MR) is 66.6 cm³/mol. The summed E-state index contributed by atoms with van der Waals surface area (Å²) in [7, 11) is 0. The van der Waals surface area contributed by atoms with E-state index in [1.807, 2.05) is 6.92 Å². The van der Waals surface area contributed by atoms with Crippen LogP contribution in [0.15, 0.2) is 12.1 Å². The fraction of sp³-hybridized carbons (Fsp3) is 0.571. The number of halogens is 2. The minimum Gasteiger partial charge on any atom is -0.487 e. The Labute approximate surface area is 106 Å². The molecule has 1 aliphatic carbocycles. The van der Waals surface area contributed by atoms with Crippen molar-refractivity contribution >= 4 is 0 Å². The maximum atomic E-state index is 13.7. The summed E-state index contributed by atoms with van der Waals surface area (Å²) in [5.74, 6) is -0.969. The molecule has 0 unspecified atom stereocenters. The van der Waals surface area contributed by atoms with Crippen LogP contribution in [0.2, 0.25) is 0 Å².